The number of hydrogen-bond acceptors (Lipinski definition) is 10. The molecule has 1 atom stereocenters. The van der Waals surface area contributed by atoms with Crippen LogP contribution in [0, 0.1) is 33.9 Å². The van der Waals surface area contributed by atoms with Crippen molar-refractivity contribution in [3.8, 4) is 12.1 Å². The van der Waals surface area contributed by atoms with Gasteiger partial charge in [0.15, 0.2) is 10.1 Å². The summed E-state index contributed by atoms with van der Waals surface area (Å²) in [6.07, 6.45) is 0.793. The number of amides is 1. The van der Waals surface area contributed by atoms with Crippen molar-refractivity contribution in [3.63, 3.8) is 0 Å². The lowest BCUT2D eigenvalue weighted by atomic mass is 9.69. The number of halogens is 1. The Morgan fingerprint density at radius 1 is 1.15 bits per heavy atom. The minimum absolute atomic E-state index is 0.0650. The molecule has 0 saturated carbocycles. The molecule has 0 bridgehead atoms. The molecular weight excluding hydrogens is 561 g/mol. The number of Topliss-reactive ketones (excluding diaryl/α,β-unsaturated/α-hetero) is 1. The Morgan fingerprint density at radius 2 is 1.85 bits per heavy atom. The van der Waals surface area contributed by atoms with Crippen LogP contribution >= 0.6 is 23.1 Å². The van der Waals surface area contributed by atoms with Crippen LogP contribution in [0.4, 0.5) is 15.2 Å². The van der Waals surface area contributed by atoms with Crippen LogP contribution in [0.2, 0.25) is 0 Å². The van der Waals surface area contributed by atoms with Crippen LogP contribution in [0.5, 0.6) is 0 Å². The van der Waals surface area contributed by atoms with Gasteiger partial charge in [-0.05, 0) is 53.8 Å². The van der Waals surface area contributed by atoms with Gasteiger partial charge >= 0.3 is 0 Å². The number of nitrogens with zero attached hydrogens (tertiary/aromatic N) is 5. The molecule has 1 aliphatic heterocycles. The molecule has 2 aliphatic rings. The molecule has 0 spiro atoms. The SMILES string of the molecule is CC1(C)CC(=O)C2=C(C1)N(c1nnc(SCC(=O)Nc3ccc(C#N)cc3)s1)C(N)=C(C#N)C2c1ccc(F)cc1. The summed E-state index contributed by atoms with van der Waals surface area (Å²) in [6, 6.07) is 16.5. The summed E-state index contributed by atoms with van der Waals surface area (Å²) in [4.78, 5) is 27.7. The van der Waals surface area contributed by atoms with Crippen LogP contribution in [-0.2, 0) is 9.59 Å². The zero-order valence-corrected chi connectivity index (χ0v) is 23.8. The molecule has 1 amide bonds. The number of thioether (sulfide) groups is 1. The van der Waals surface area contributed by atoms with E-state index in [1.807, 2.05) is 19.9 Å². The Morgan fingerprint density at radius 3 is 2.51 bits per heavy atom. The molecule has 0 saturated heterocycles. The Labute approximate surface area is 244 Å². The van der Waals surface area contributed by atoms with Gasteiger partial charge in [-0.25, -0.2) is 4.39 Å². The first-order valence-corrected chi connectivity index (χ1v) is 14.4. The molecule has 2 aromatic carbocycles. The summed E-state index contributed by atoms with van der Waals surface area (Å²) in [7, 11) is 0. The quantitative estimate of drug-likeness (QED) is 0.371. The van der Waals surface area contributed by atoms with E-state index < -0.39 is 11.7 Å². The van der Waals surface area contributed by atoms with Crippen LogP contribution in [0.3, 0.4) is 0 Å². The molecule has 2 heterocycles. The van der Waals surface area contributed by atoms with Crippen LogP contribution in [0.1, 0.15) is 43.7 Å². The lowest BCUT2D eigenvalue weighted by Crippen LogP contribution is -2.42. The molecule has 3 aromatic rings. The molecule has 1 aromatic heterocycles. The first-order chi connectivity index (χ1) is 19.6. The number of allylic oxidation sites excluding steroid dienone is 3. The van der Waals surface area contributed by atoms with E-state index in [0.717, 1.165) is 0 Å². The lowest BCUT2D eigenvalue weighted by molar-refractivity contribution is -0.118. The highest BCUT2D eigenvalue weighted by atomic mass is 32.2. The summed E-state index contributed by atoms with van der Waals surface area (Å²) < 4.78 is 14.2. The topological polar surface area (TPSA) is 149 Å². The fourth-order valence-corrected chi connectivity index (χ4v) is 6.70. The number of nitriles is 2. The van der Waals surface area contributed by atoms with Crippen molar-refractivity contribution in [2.45, 2.75) is 36.9 Å². The van der Waals surface area contributed by atoms with E-state index in [4.69, 9.17) is 11.0 Å². The highest BCUT2D eigenvalue weighted by molar-refractivity contribution is 8.01. The smallest absolute Gasteiger partial charge is 0.234 e. The zero-order chi connectivity index (χ0) is 29.3. The summed E-state index contributed by atoms with van der Waals surface area (Å²) >= 11 is 2.39. The second kappa shape index (κ2) is 11.2. The van der Waals surface area contributed by atoms with Gasteiger partial charge in [-0.1, -0.05) is 49.1 Å². The molecule has 41 heavy (non-hydrogen) atoms. The molecule has 0 fully saturated rings. The van der Waals surface area contributed by atoms with Gasteiger partial charge in [-0.2, -0.15) is 10.5 Å². The number of carbonyl (C=O) groups is 2. The maximum Gasteiger partial charge on any atom is 0.234 e. The number of hydrogen-bond donors (Lipinski definition) is 2. The van der Waals surface area contributed by atoms with E-state index in [-0.39, 0.29) is 34.3 Å². The normalized spacial score (nSPS) is 18.0. The Kier molecular flexibility index (Phi) is 7.63. The summed E-state index contributed by atoms with van der Waals surface area (Å²) in [5.41, 5.74) is 9.19. The molecule has 1 aliphatic carbocycles. The third-order valence-corrected chi connectivity index (χ3v) is 8.84. The zero-order valence-electron chi connectivity index (χ0n) is 22.1. The van der Waals surface area contributed by atoms with Gasteiger partial charge in [-0.3, -0.25) is 14.5 Å². The predicted molar refractivity (Wildman–Crippen MR) is 154 cm³/mol. The van der Waals surface area contributed by atoms with Crippen molar-refractivity contribution in [2.24, 2.45) is 11.1 Å². The van der Waals surface area contributed by atoms with E-state index in [9.17, 15) is 19.2 Å². The van der Waals surface area contributed by atoms with Crippen molar-refractivity contribution < 1.29 is 14.0 Å². The molecular formula is C29H24FN7O2S2. The Hall–Kier alpha value is -4.52. The summed E-state index contributed by atoms with van der Waals surface area (Å²) in [6.45, 7) is 3.99. The monoisotopic (exact) mass is 585 g/mol. The minimum Gasteiger partial charge on any atom is -0.384 e. The molecule has 206 valence electrons. The van der Waals surface area contributed by atoms with Crippen molar-refractivity contribution >= 4 is 45.6 Å². The minimum atomic E-state index is -0.719. The van der Waals surface area contributed by atoms with Crippen molar-refractivity contribution in [3.05, 3.63) is 88.1 Å². The molecule has 0 radical (unpaired) electrons. The number of nitrogens with two attached hydrogens (primary N) is 1. The third kappa shape index (κ3) is 5.71. The number of benzene rings is 2. The second-order valence-electron chi connectivity index (χ2n) is 10.4. The van der Waals surface area contributed by atoms with E-state index in [1.54, 1.807) is 41.3 Å². The molecule has 9 nitrogen and oxygen atoms in total. The number of carbonyl (C=O) groups excluding carboxylic acids is 2. The van der Waals surface area contributed by atoms with Gasteiger partial charge in [0.05, 0.1) is 34.9 Å². The first-order valence-electron chi connectivity index (χ1n) is 12.6. The molecule has 12 heteroatoms. The molecule has 1 unspecified atom stereocenters. The van der Waals surface area contributed by atoms with Crippen molar-refractivity contribution in [1.29, 1.82) is 10.5 Å². The van der Waals surface area contributed by atoms with Crippen LogP contribution in [0.15, 0.2) is 75.5 Å². The summed E-state index contributed by atoms with van der Waals surface area (Å²) in [5, 5.41) is 30.8. The maximum absolute atomic E-state index is 13.7. The number of rotatable bonds is 6. The van der Waals surface area contributed by atoms with E-state index in [0.29, 0.717) is 50.4 Å². The van der Waals surface area contributed by atoms with Gasteiger partial charge in [-0.15, -0.1) is 10.2 Å². The first kappa shape index (κ1) is 28.0. The molecule has 5 rings (SSSR count). The van der Waals surface area contributed by atoms with Gasteiger partial charge in [0.1, 0.15) is 11.6 Å². The highest BCUT2D eigenvalue weighted by Crippen LogP contribution is 2.50. The second-order valence-corrected chi connectivity index (χ2v) is 12.6. The maximum atomic E-state index is 13.7. The van der Waals surface area contributed by atoms with Gasteiger partial charge in [0, 0.05) is 23.4 Å². The molecule has 3 N–H and O–H groups in total. The van der Waals surface area contributed by atoms with E-state index in [2.05, 4.69) is 21.6 Å². The fraction of sp³-hybridized carbons (Fsp3) is 0.241. The largest absolute Gasteiger partial charge is 0.384 e. The standard InChI is InChI=1S/C29H24FN7O2S2/c1-29(2)11-21-25(22(38)12-29)24(17-5-7-18(30)8-6-17)20(14-32)26(33)37(21)27-35-36-28(41-27)40-15-23(39)34-19-9-3-16(13-31)4-10-19/h3-10,24H,11-12,15,33H2,1-2H3,(H,34,39). The number of aromatic nitrogens is 2. The van der Waals surface area contributed by atoms with E-state index in [1.165, 1.54) is 35.2 Å². The number of nitrogens with one attached hydrogen (secondary N) is 1. The lowest BCUT2D eigenvalue weighted by Gasteiger charge is -2.42. The fourth-order valence-electron chi connectivity index (χ4n) is 5.02. The predicted octanol–water partition coefficient (Wildman–Crippen LogP) is 5.22. The Bertz CT molecular complexity index is 1680. The van der Waals surface area contributed by atoms with Gasteiger partial charge in [0.25, 0.3) is 0 Å². The number of anilines is 2. The van der Waals surface area contributed by atoms with Crippen LogP contribution < -0.4 is 16.0 Å². The number of ketones is 1. The highest BCUT2D eigenvalue weighted by Gasteiger charge is 2.45. The summed E-state index contributed by atoms with van der Waals surface area (Å²) in [5.74, 6) is -1.30. The average Bonchev–Trinajstić information content (AvgIpc) is 3.40. The third-order valence-electron chi connectivity index (χ3n) is 6.80. The average molecular weight is 586 g/mol. The van der Waals surface area contributed by atoms with Crippen molar-refractivity contribution in [2.75, 3.05) is 16.0 Å². The van der Waals surface area contributed by atoms with Crippen LogP contribution in [-0.4, -0.2) is 27.6 Å². The van der Waals surface area contributed by atoms with Gasteiger partial charge in [0.2, 0.25) is 11.0 Å². The Balaban J connectivity index is 1.44. The van der Waals surface area contributed by atoms with Crippen LogP contribution in [0.25, 0.3) is 0 Å². The van der Waals surface area contributed by atoms with Gasteiger partial charge < -0.3 is 11.1 Å². The van der Waals surface area contributed by atoms with E-state index >= 15 is 0 Å². The van der Waals surface area contributed by atoms with Crippen molar-refractivity contribution in [1.82, 2.24) is 10.2 Å².